The van der Waals surface area contributed by atoms with E-state index in [4.69, 9.17) is 4.74 Å². The molecule has 1 aliphatic heterocycles. The summed E-state index contributed by atoms with van der Waals surface area (Å²) in [6.07, 6.45) is 4.47. The maximum atomic E-state index is 13.2. The molecule has 1 aromatic carbocycles. The first kappa shape index (κ1) is 20.2. The number of carbonyl (C=O) groups excluding carboxylic acids is 1. The molecule has 1 saturated carbocycles. The Balaban J connectivity index is 1.59. The summed E-state index contributed by atoms with van der Waals surface area (Å²) >= 11 is 0. The molecule has 4 heteroatoms. The fourth-order valence-electron chi connectivity index (χ4n) is 4.42. The van der Waals surface area contributed by atoms with E-state index in [0.29, 0.717) is 11.8 Å². The molecule has 1 N–H and O–H groups in total. The highest BCUT2D eigenvalue weighted by molar-refractivity contribution is 5.81. The van der Waals surface area contributed by atoms with Crippen LogP contribution in [0.2, 0.25) is 0 Å². The Kier molecular flexibility index (Phi) is 6.46. The van der Waals surface area contributed by atoms with Crippen molar-refractivity contribution in [2.24, 2.45) is 23.2 Å². The summed E-state index contributed by atoms with van der Waals surface area (Å²) in [4.78, 5) is 15.4. The maximum absolute atomic E-state index is 13.2. The van der Waals surface area contributed by atoms with Crippen molar-refractivity contribution in [2.45, 2.75) is 46.5 Å². The van der Waals surface area contributed by atoms with Gasteiger partial charge < -0.3 is 15.0 Å². The number of methoxy groups -OCH3 is 1. The van der Waals surface area contributed by atoms with E-state index in [2.05, 4.69) is 43.1 Å². The van der Waals surface area contributed by atoms with E-state index < -0.39 is 0 Å². The molecule has 27 heavy (non-hydrogen) atoms. The predicted molar refractivity (Wildman–Crippen MR) is 110 cm³/mol. The number of amides is 1. The molecule has 2 aliphatic rings. The number of nitrogens with one attached hydrogen (secondary N) is 1. The van der Waals surface area contributed by atoms with Gasteiger partial charge in [-0.1, -0.05) is 32.9 Å². The molecule has 0 bridgehead atoms. The second-order valence-corrected chi connectivity index (χ2v) is 9.51. The van der Waals surface area contributed by atoms with E-state index in [-0.39, 0.29) is 11.3 Å². The van der Waals surface area contributed by atoms with Crippen molar-refractivity contribution >= 4 is 5.91 Å². The van der Waals surface area contributed by atoms with E-state index in [1.807, 2.05) is 12.1 Å². The number of ether oxygens (including phenoxy) is 1. The standard InChI is InChI=1S/C23H36N2O2/c1-23(2,3)16-25(14-11-17-5-7-19(27-4)8-6-17)22(26)21-15-20(21)18-9-12-24-13-10-18/h5-8,18,20-21,24H,9-16H2,1-4H3/t20-,21+/m0/s1. The van der Waals surface area contributed by atoms with Crippen LogP contribution in [0, 0.1) is 23.2 Å². The summed E-state index contributed by atoms with van der Waals surface area (Å²) in [5.41, 5.74) is 1.38. The average molecular weight is 373 g/mol. The van der Waals surface area contributed by atoms with Crippen LogP contribution in [-0.4, -0.2) is 44.1 Å². The molecule has 1 heterocycles. The normalized spacial score (nSPS) is 23.1. The second kappa shape index (κ2) is 8.64. The lowest BCUT2D eigenvalue weighted by Gasteiger charge is -2.31. The minimum absolute atomic E-state index is 0.120. The van der Waals surface area contributed by atoms with Crippen LogP contribution >= 0.6 is 0 Å². The number of carbonyl (C=O) groups is 1. The molecule has 0 radical (unpaired) electrons. The minimum Gasteiger partial charge on any atom is -0.497 e. The monoisotopic (exact) mass is 372 g/mol. The summed E-state index contributed by atoms with van der Waals surface area (Å²) in [7, 11) is 1.69. The van der Waals surface area contributed by atoms with Gasteiger partial charge in [0.25, 0.3) is 0 Å². The van der Waals surface area contributed by atoms with Gasteiger partial charge in [-0.25, -0.2) is 0 Å². The Morgan fingerprint density at radius 2 is 1.85 bits per heavy atom. The van der Waals surface area contributed by atoms with Crippen molar-refractivity contribution in [1.29, 1.82) is 0 Å². The second-order valence-electron chi connectivity index (χ2n) is 9.51. The largest absolute Gasteiger partial charge is 0.497 e. The van der Waals surface area contributed by atoms with Gasteiger partial charge in [-0.05, 0) is 73.7 Å². The van der Waals surface area contributed by atoms with Crippen LogP contribution in [0.3, 0.4) is 0 Å². The molecule has 3 rings (SSSR count). The zero-order valence-electron chi connectivity index (χ0n) is 17.5. The summed E-state index contributed by atoms with van der Waals surface area (Å²) in [6, 6.07) is 8.21. The summed E-state index contributed by atoms with van der Waals surface area (Å²) < 4.78 is 5.24. The Morgan fingerprint density at radius 3 is 2.44 bits per heavy atom. The van der Waals surface area contributed by atoms with Crippen LogP contribution in [0.15, 0.2) is 24.3 Å². The van der Waals surface area contributed by atoms with E-state index in [1.165, 1.54) is 18.4 Å². The summed E-state index contributed by atoms with van der Waals surface area (Å²) in [6.45, 7) is 10.5. The first-order valence-electron chi connectivity index (χ1n) is 10.5. The fraction of sp³-hybridized carbons (Fsp3) is 0.696. The number of hydrogen-bond acceptors (Lipinski definition) is 3. The molecule has 1 aliphatic carbocycles. The van der Waals surface area contributed by atoms with Gasteiger partial charge in [0.1, 0.15) is 5.75 Å². The zero-order chi connectivity index (χ0) is 19.4. The van der Waals surface area contributed by atoms with Crippen molar-refractivity contribution in [3.8, 4) is 5.75 Å². The number of hydrogen-bond donors (Lipinski definition) is 1. The Labute approximate surface area is 164 Å². The third-order valence-corrected chi connectivity index (χ3v) is 5.95. The Morgan fingerprint density at radius 1 is 1.19 bits per heavy atom. The van der Waals surface area contributed by atoms with Crippen molar-refractivity contribution in [2.75, 3.05) is 33.3 Å². The maximum Gasteiger partial charge on any atom is 0.226 e. The molecule has 150 valence electrons. The van der Waals surface area contributed by atoms with Crippen molar-refractivity contribution in [3.63, 3.8) is 0 Å². The summed E-state index contributed by atoms with van der Waals surface area (Å²) in [5.74, 6) is 2.92. The van der Waals surface area contributed by atoms with Gasteiger partial charge in [-0.2, -0.15) is 0 Å². The molecular formula is C23H36N2O2. The van der Waals surface area contributed by atoms with Gasteiger partial charge in [-0.3, -0.25) is 4.79 Å². The van der Waals surface area contributed by atoms with Crippen LogP contribution in [-0.2, 0) is 11.2 Å². The Hall–Kier alpha value is -1.55. The van der Waals surface area contributed by atoms with Crippen LogP contribution in [0.1, 0.15) is 45.6 Å². The van der Waals surface area contributed by atoms with Gasteiger partial charge in [0, 0.05) is 19.0 Å². The highest BCUT2D eigenvalue weighted by Crippen LogP contribution is 2.48. The third-order valence-electron chi connectivity index (χ3n) is 5.95. The van der Waals surface area contributed by atoms with Crippen molar-refractivity contribution in [3.05, 3.63) is 29.8 Å². The van der Waals surface area contributed by atoms with E-state index in [9.17, 15) is 4.79 Å². The number of piperidine rings is 1. The predicted octanol–water partition coefficient (Wildman–Crippen LogP) is 3.75. The highest BCUT2D eigenvalue weighted by Gasteiger charge is 2.49. The SMILES string of the molecule is COc1ccc(CCN(CC(C)(C)C)C(=O)[C@@H]2C[C@H]2C2CCNCC2)cc1. The van der Waals surface area contributed by atoms with Crippen molar-refractivity contribution < 1.29 is 9.53 Å². The lowest BCUT2D eigenvalue weighted by Crippen LogP contribution is -2.40. The number of rotatable bonds is 7. The molecule has 1 amide bonds. The topological polar surface area (TPSA) is 41.6 Å². The molecule has 0 spiro atoms. The molecule has 2 atom stereocenters. The lowest BCUT2D eigenvalue weighted by atomic mass is 9.91. The molecular weight excluding hydrogens is 336 g/mol. The van der Waals surface area contributed by atoms with Gasteiger partial charge >= 0.3 is 0 Å². The average Bonchev–Trinajstić information content (AvgIpc) is 3.45. The molecule has 1 saturated heterocycles. The van der Waals surface area contributed by atoms with E-state index in [0.717, 1.165) is 50.7 Å². The smallest absolute Gasteiger partial charge is 0.226 e. The summed E-state index contributed by atoms with van der Waals surface area (Å²) in [5, 5.41) is 3.44. The van der Waals surface area contributed by atoms with E-state index >= 15 is 0 Å². The quantitative estimate of drug-likeness (QED) is 0.793. The van der Waals surface area contributed by atoms with Crippen molar-refractivity contribution in [1.82, 2.24) is 10.2 Å². The number of benzene rings is 1. The Bertz CT molecular complexity index is 614. The fourth-order valence-corrected chi connectivity index (χ4v) is 4.42. The van der Waals surface area contributed by atoms with Crippen LogP contribution in [0.4, 0.5) is 0 Å². The third kappa shape index (κ3) is 5.71. The van der Waals surface area contributed by atoms with Crippen LogP contribution < -0.4 is 10.1 Å². The van der Waals surface area contributed by atoms with Gasteiger partial charge in [-0.15, -0.1) is 0 Å². The first-order valence-corrected chi connectivity index (χ1v) is 10.5. The van der Waals surface area contributed by atoms with Crippen LogP contribution in [0.25, 0.3) is 0 Å². The highest BCUT2D eigenvalue weighted by atomic mass is 16.5. The minimum atomic E-state index is 0.120. The number of nitrogens with zero attached hydrogens (tertiary/aromatic N) is 1. The molecule has 0 unspecified atom stereocenters. The van der Waals surface area contributed by atoms with Gasteiger partial charge in [0.15, 0.2) is 0 Å². The first-order chi connectivity index (χ1) is 12.9. The molecule has 1 aromatic rings. The zero-order valence-corrected chi connectivity index (χ0v) is 17.5. The van der Waals surface area contributed by atoms with Gasteiger partial charge in [0.2, 0.25) is 5.91 Å². The lowest BCUT2D eigenvalue weighted by molar-refractivity contribution is -0.134. The van der Waals surface area contributed by atoms with Gasteiger partial charge in [0.05, 0.1) is 7.11 Å². The van der Waals surface area contributed by atoms with E-state index in [1.54, 1.807) is 7.11 Å². The van der Waals surface area contributed by atoms with Crippen LogP contribution in [0.5, 0.6) is 5.75 Å². The molecule has 0 aromatic heterocycles. The molecule has 2 fully saturated rings. The molecule has 4 nitrogen and oxygen atoms in total.